The van der Waals surface area contributed by atoms with Crippen LogP contribution < -0.4 is 10.1 Å². The average Bonchev–Trinajstić information content (AvgIpc) is 2.64. The lowest BCUT2D eigenvalue weighted by atomic mass is 9.93. The molecule has 1 aliphatic carbocycles. The zero-order chi connectivity index (χ0) is 16.8. The van der Waals surface area contributed by atoms with Crippen molar-refractivity contribution in [1.82, 2.24) is 25.3 Å². The molecule has 0 aromatic carbocycles. The fourth-order valence-electron chi connectivity index (χ4n) is 2.64. The van der Waals surface area contributed by atoms with Crippen LogP contribution in [0.1, 0.15) is 42.0 Å². The van der Waals surface area contributed by atoms with Crippen LogP contribution in [0.25, 0.3) is 0 Å². The van der Waals surface area contributed by atoms with Crippen molar-refractivity contribution in [3.05, 3.63) is 42.4 Å². The molecular formula is C16H16N6O2. The van der Waals surface area contributed by atoms with Gasteiger partial charge in [0.15, 0.2) is 0 Å². The molecule has 2 aromatic heterocycles. The molecule has 3 rings (SSSR count). The number of ether oxygens (including phenoxy) is 1. The van der Waals surface area contributed by atoms with Gasteiger partial charge in [0.2, 0.25) is 11.5 Å². The molecule has 0 atom stereocenters. The van der Waals surface area contributed by atoms with Gasteiger partial charge in [-0.1, -0.05) is 0 Å². The Morgan fingerprint density at radius 2 is 1.79 bits per heavy atom. The summed E-state index contributed by atoms with van der Waals surface area (Å²) in [6, 6.07) is 3.70. The molecule has 0 aliphatic heterocycles. The third kappa shape index (κ3) is 3.81. The van der Waals surface area contributed by atoms with Gasteiger partial charge in [0.25, 0.3) is 11.8 Å². The normalized spacial score (nSPS) is 20.0. The predicted molar refractivity (Wildman–Crippen MR) is 82.9 cm³/mol. The number of amides is 1. The first-order valence-corrected chi connectivity index (χ1v) is 7.72. The zero-order valence-electron chi connectivity index (χ0n) is 12.9. The van der Waals surface area contributed by atoms with Crippen molar-refractivity contribution in [2.45, 2.75) is 37.8 Å². The second kappa shape index (κ2) is 7.46. The smallest absolute Gasteiger partial charge is 0.289 e. The quantitative estimate of drug-likeness (QED) is 0.900. The molecule has 0 saturated heterocycles. The fraction of sp³-hybridized carbons (Fsp3) is 0.375. The van der Waals surface area contributed by atoms with Gasteiger partial charge in [-0.05, 0) is 31.7 Å². The molecule has 122 valence electrons. The molecule has 0 bridgehead atoms. The van der Waals surface area contributed by atoms with Crippen LogP contribution in [0.4, 0.5) is 0 Å². The second-order valence-electron chi connectivity index (χ2n) is 5.46. The van der Waals surface area contributed by atoms with E-state index in [-0.39, 0.29) is 35.5 Å². The number of nitriles is 1. The standard InChI is InChI=1S/C16H16N6O2/c17-10-13-16(21-9-8-18-13)24-12-4-2-11(3-5-12)22-15(23)14-19-6-1-7-20-14/h1,6-9,11-12H,2-5H2,(H,22,23). The van der Waals surface area contributed by atoms with Crippen molar-refractivity contribution in [2.75, 3.05) is 0 Å². The van der Waals surface area contributed by atoms with E-state index in [9.17, 15) is 4.79 Å². The summed E-state index contributed by atoms with van der Waals surface area (Å²) in [6.07, 6.45) is 9.11. The minimum atomic E-state index is -0.263. The molecule has 0 radical (unpaired) electrons. The van der Waals surface area contributed by atoms with Crippen LogP contribution in [0.5, 0.6) is 5.88 Å². The van der Waals surface area contributed by atoms with Crippen molar-refractivity contribution < 1.29 is 9.53 Å². The van der Waals surface area contributed by atoms with E-state index in [0.717, 1.165) is 25.7 Å². The Bertz CT molecular complexity index is 738. The third-order valence-electron chi connectivity index (χ3n) is 3.83. The lowest BCUT2D eigenvalue weighted by molar-refractivity contribution is 0.0879. The lowest BCUT2D eigenvalue weighted by Gasteiger charge is -2.29. The number of carbonyl (C=O) groups is 1. The number of aromatic nitrogens is 4. The van der Waals surface area contributed by atoms with Crippen molar-refractivity contribution >= 4 is 5.91 Å². The van der Waals surface area contributed by atoms with Crippen molar-refractivity contribution in [3.8, 4) is 11.9 Å². The van der Waals surface area contributed by atoms with Gasteiger partial charge in [0.1, 0.15) is 12.2 Å². The first-order chi connectivity index (χ1) is 11.8. The van der Waals surface area contributed by atoms with E-state index >= 15 is 0 Å². The molecule has 1 fully saturated rings. The van der Waals surface area contributed by atoms with Gasteiger partial charge in [-0.15, -0.1) is 0 Å². The average molecular weight is 324 g/mol. The highest BCUT2D eigenvalue weighted by atomic mass is 16.5. The van der Waals surface area contributed by atoms with E-state index in [2.05, 4.69) is 25.3 Å². The van der Waals surface area contributed by atoms with E-state index < -0.39 is 0 Å². The van der Waals surface area contributed by atoms with Crippen molar-refractivity contribution in [2.24, 2.45) is 0 Å². The van der Waals surface area contributed by atoms with Crippen LogP contribution in [0.15, 0.2) is 30.9 Å². The van der Waals surface area contributed by atoms with Gasteiger partial charge in [-0.2, -0.15) is 5.26 Å². The molecule has 1 N–H and O–H groups in total. The Morgan fingerprint density at radius 3 is 2.50 bits per heavy atom. The molecule has 1 aliphatic rings. The molecule has 2 heterocycles. The summed E-state index contributed by atoms with van der Waals surface area (Å²) in [5.41, 5.74) is 0.189. The molecule has 1 saturated carbocycles. The second-order valence-corrected chi connectivity index (χ2v) is 5.46. The molecule has 24 heavy (non-hydrogen) atoms. The summed E-state index contributed by atoms with van der Waals surface area (Å²) < 4.78 is 5.78. The number of rotatable bonds is 4. The monoisotopic (exact) mass is 324 g/mol. The summed E-state index contributed by atoms with van der Waals surface area (Å²) in [5.74, 6) is 0.180. The van der Waals surface area contributed by atoms with Crippen LogP contribution in [-0.2, 0) is 0 Å². The van der Waals surface area contributed by atoms with Gasteiger partial charge in [0.05, 0.1) is 0 Å². The SMILES string of the molecule is N#Cc1nccnc1OC1CCC(NC(=O)c2ncccn2)CC1. The van der Waals surface area contributed by atoms with E-state index in [1.807, 2.05) is 6.07 Å². The number of nitrogens with one attached hydrogen (secondary N) is 1. The molecular weight excluding hydrogens is 308 g/mol. The number of nitrogens with zero attached hydrogens (tertiary/aromatic N) is 5. The van der Waals surface area contributed by atoms with Gasteiger partial charge >= 0.3 is 0 Å². The van der Waals surface area contributed by atoms with Gasteiger partial charge < -0.3 is 10.1 Å². The fourth-order valence-corrected chi connectivity index (χ4v) is 2.64. The maximum Gasteiger partial charge on any atom is 0.289 e. The van der Waals surface area contributed by atoms with E-state index in [4.69, 9.17) is 10.00 Å². The van der Waals surface area contributed by atoms with Gasteiger partial charge in [-0.3, -0.25) is 4.79 Å². The van der Waals surface area contributed by atoms with E-state index in [0.29, 0.717) is 0 Å². The molecule has 8 heteroatoms. The number of hydrogen-bond acceptors (Lipinski definition) is 7. The first-order valence-electron chi connectivity index (χ1n) is 7.72. The lowest BCUT2D eigenvalue weighted by Crippen LogP contribution is -2.40. The van der Waals surface area contributed by atoms with Crippen LogP contribution >= 0.6 is 0 Å². The Hall–Kier alpha value is -3.08. The molecule has 0 spiro atoms. The Labute approximate surface area is 138 Å². The van der Waals surface area contributed by atoms with Gasteiger partial charge in [-0.25, -0.2) is 19.9 Å². The summed E-state index contributed by atoms with van der Waals surface area (Å²) >= 11 is 0. The number of carbonyl (C=O) groups excluding carboxylic acids is 1. The molecule has 2 aromatic rings. The van der Waals surface area contributed by atoms with E-state index in [1.54, 1.807) is 18.5 Å². The Balaban J connectivity index is 1.51. The highest BCUT2D eigenvalue weighted by molar-refractivity contribution is 5.90. The minimum absolute atomic E-state index is 0.0325. The largest absolute Gasteiger partial charge is 0.472 e. The summed E-state index contributed by atoms with van der Waals surface area (Å²) in [5, 5.41) is 11.9. The van der Waals surface area contributed by atoms with Crippen molar-refractivity contribution in [3.63, 3.8) is 0 Å². The zero-order valence-corrected chi connectivity index (χ0v) is 12.9. The number of hydrogen-bond donors (Lipinski definition) is 1. The van der Waals surface area contributed by atoms with Gasteiger partial charge in [0, 0.05) is 30.8 Å². The topological polar surface area (TPSA) is 114 Å². The Morgan fingerprint density at radius 1 is 1.08 bits per heavy atom. The highest BCUT2D eigenvalue weighted by Gasteiger charge is 2.25. The minimum Gasteiger partial charge on any atom is -0.472 e. The first kappa shape index (κ1) is 15.8. The molecule has 1 amide bonds. The van der Waals surface area contributed by atoms with Crippen LogP contribution in [0.3, 0.4) is 0 Å². The van der Waals surface area contributed by atoms with Crippen LogP contribution in [0, 0.1) is 11.3 Å². The summed E-state index contributed by atoms with van der Waals surface area (Å²) in [4.78, 5) is 27.9. The van der Waals surface area contributed by atoms with E-state index in [1.165, 1.54) is 12.4 Å². The summed E-state index contributed by atoms with van der Waals surface area (Å²) in [7, 11) is 0. The van der Waals surface area contributed by atoms with Crippen LogP contribution in [-0.4, -0.2) is 38.0 Å². The predicted octanol–water partition coefficient (Wildman–Crippen LogP) is 1.26. The third-order valence-corrected chi connectivity index (χ3v) is 3.83. The molecule has 0 unspecified atom stereocenters. The Kier molecular flexibility index (Phi) is 4.91. The van der Waals surface area contributed by atoms with Crippen LogP contribution in [0.2, 0.25) is 0 Å². The van der Waals surface area contributed by atoms with Crippen molar-refractivity contribution in [1.29, 1.82) is 5.26 Å². The maximum absolute atomic E-state index is 12.0. The maximum atomic E-state index is 12.0. The molecule has 8 nitrogen and oxygen atoms in total. The highest BCUT2D eigenvalue weighted by Crippen LogP contribution is 2.24. The summed E-state index contributed by atoms with van der Waals surface area (Å²) in [6.45, 7) is 0.